The molecule has 5 nitrogen and oxygen atoms in total. The quantitative estimate of drug-likeness (QED) is 0.898. The van der Waals surface area contributed by atoms with E-state index < -0.39 is 0 Å². The maximum absolute atomic E-state index is 11.7. The molecule has 1 aromatic carbocycles. The summed E-state index contributed by atoms with van der Waals surface area (Å²) in [5, 5.41) is 2.95. The first-order valence-electron chi connectivity index (χ1n) is 8.06. The number of urea groups is 1. The average Bonchev–Trinajstić information content (AvgIpc) is 2.54. The van der Waals surface area contributed by atoms with E-state index in [4.69, 9.17) is 0 Å². The molecule has 1 aliphatic heterocycles. The molecule has 122 valence electrons. The lowest BCUT2D eigenvalue weighted by Crippen LogP contribution is -2.45. The van der Waals surface area contributed by atoms with Crippen molar-refractivity contribution in [3.05, 3.63) is 35.4 Å². The molecule has 1 aliphatic rings. The summed E-state index contributed by atoms with van der Waals surface area (Å²) in [6, 6.07) is 8.34. The van der Waals surface area contributed by atoms with Gasteiger partial charge in [0, 0.05) is 53.4 Å². The molecule has 0 atom stereocenters. The van der Waals surface area contributed by atoms with Crippen LogP contribution in [0.5, 0.6) is 0 Å². The summed E-state index contributed by atoms with van der Waals surface area (Å²) in [6.45, 7) is 9.44. The number of carbonyl (C=O) groups excluding carboxylic acids is 1. The highest BCUT2D eigenvalue weighted by Crippen LogP contribution is 2.13. The first-order chi connectivity index (χ1) is 10.6. The lowest BCUT2D eigenvalue weighted by molar-refractivity contribution is 0.131. The molecule has 1 fully saturated rings. The Balaban J connectivity index is 1.92. The van der Waals surface area contributed by atoms with Gasteiger partial charge in [-0.2, -0.15) is 0 Å². The Hall–Kier alpha value is -1.59. The van der Waals surface area contributed by atoms with Crippen molar-refractivity contribution in [3.8, 4) is 0 Å². The van der Waals surface area contributed by atoms with Gasteiger partial charge in [0.1, 0.15) is 0 Å². The first kappa shape index (κ1) is 16.8. The lowest BCUT2D eigenvalue weighted by atomic mass is 10.1. The predicted molar refractivity (Wildman–Crippen MR) is 89.8 cm³/mol. The highest BCUT2D eigenvalue weighted by molar-refractivity contribution is 5.73. The second-order valence-electron chi connectivity index (χ2n) is 6.03. The van der Waals surface area contributed by atoms with Crippen LogP contribution in [-0.2, 0) is 13.1 Å². The topological polar surface area (TPSA) is 38.8 Å². The molecule has 0 aliphatic carbocycles. The molecule has 2 amide bonds. The number of amides is 2. The zero-order chi connectivity index (χ0) is 15.9. The molecule has 1 saturated heterocycles. The van der Waals surface area contributed by atoms with Crippen molar-refractivity contribution in [2.45, 2.75) is 20.0 Å². The van der Waals surface area contributed by atoms with Crippen LogP contribution in [0.2, 0.25) is 0 Å². The molecule has 1 aromatic rings. The Morgan fingerprint density at radius 2 is 1.68 bits per heavy atom. The number of nitrogens with zero attached hydrogens (tertiary/aromatic N) is 3. The van der Waals surface area contributed by atoms with Crippen molar-refractivity contribution in [1.29, 1.82) is 0 Å². The number of rotatable bonds is 5. The zero-order valence-corrected chi connectivity index (χ0v) is 14.0. The van der Waals surface area contributed by atoms with Crippen LogP contribution in [0.25, 0.3) is 0 Å². The number of piperazine rings is 1. The normalized spacial score (nSPS) is 16.5. The molecule has 1 heterocycles. The van der Waals surface area contributed by atoms with Crippen LogP contribution in [0.4, 0.5) is 4.79 Å². The van der Waals surface area contributed by atoms with E-state index in [0.717, 1.165) is 39.3 Å². The number of hydrogen-bond donors (Lipinski definition) is 1. The lowest BCUT2D eigenvalue weighted by Gasteiger charge is -2.34. The molecule has 0 bridgehead atoms. The van der Waals surface area contributed by atoms with Crippen LogP contribution in [-0.4, -0.2) is 67.5 Å². The van der Waals surface area contributed by atoms with Crippen LogP contribution in [0.1, 0.15) is 18.1 Å². The van der Waals surface area contributed by atoms with Crippen molar-refractivity contribution >= 4 is 6.03 Å². The number of benzene rings is 1. The molecule has 22 heavy (non-hydrogen) atoms. The minimum atomic E-state index is -0.0497. The third-order valence-corrected chi connectivity index (χ3v) is 4.26. The van der Waals surface area contributed by atoms with Crippen LogP contribution in [0.3, 0.4) is 0 Å². The second-order valence-corrected chi connectivity index (χ2v) is 6.03. The Morgan fingerprint density at radius 3 is 2.27 bits per heavy atom. The molecule has 5 heteroatoms. The smallest absolute Gasteiger partial charge is 0.317 e. The number of nitrogens with one attached hydrogen (secondary N) is 1. The molecule has 0 aromatic heterocycles. The van der Waals surface area contributed by atoms with E-state index >= 15 is 0 Å². The zero-order valence-electron chi connectivity index (χ0n) is 14.0. The Morgan fingerprint density at radius 1 is 1.09 bits per heavy atom. The highest BCUT2D eigenvalue weighted by Gasteiger charge is 2.16. The maximum atomic E-state index is 11.7. The summed E-state index contributed by atoms with van der Waals surface area (Å²) < 4.78 is 0. The summed E-state index contributed by atoms with van der Waals surface area (Å²) in [7, 11) is 3.52. The van der Waals surface area contributed by atoms with Gasteiger partial charge in [-0.15, -0.1) is 0 Å². The highest BCUT2D eigenvalue weighted by atomic mass is 16.2. The average molecular weight is 304 g/mol. The van der Waals surface area contributed by atoms with Gasteiger partial charge in [0.15, 0.2) is 0 Å². The van der Waals surface area contributed by atoms with Crippen molar-refractivity contribution in [1.82, 2.24) is 20.0 Å². The van der Waals surface area contributed by atoms with Gasteiger partial charge in [0.25, 0.3) is 0 Å². The molecule has 0 unspecified atom stereocenters. The third kappa shape index (κ3) is 4.71. The van der Waals surface area contributed by atoms with Crippen molar-refractivity contribution in [2.75, 3.05) is 46.8 Å². The summed E-state index contributed by atoms with van der Waals surface area (Å²) in [4.78, 5) is 18.2. The van der Waals surface area contributed by atoms with E-state index in [0.29, 0.717) is 6.54 Å². The van der Waals surface area contributed by atoms with Gasteiger partial charge in [0.2, 0.25) is 0 Å². The molecular formula is C17H28N4O. The van der Waals surface area contributed by atoms with E-state index in [1.807, 2.05) is 6.07 Å². The fourth-order valence-electron chi connectivity index (χ4n) is 2.72. The number of likely N-dealkylation sites (N-methyl/N-ethyl adjacent to an activating group) is 1. The van der Waals surface area contributed by atoms with Gasteiger partial charge in [-0.3, -0.25) is 4.90 Å². The van der Waals surface area contributed by atoms with Crippen LogP contribution in [0, 0.1) is 0 Å². The Bertz CT molecular complexity index is 481. The first-order valence-corrected chi connectivity index (χ1v) is 8.06. The predicted octanol–water partition coefficient (Wildman–Crippen LogP) is 1.60. The monoisotopic (exact) mass is 304 g/mol. The van der Waals surface area contributed by atoms with Crippen molar-refractivity contribution in [2.24, 2.45) is 0 Å². The molecule has 0 saturated carbocycles. The van der Waals surface area contributed by atoms with E-state index in [9.17, 15) is 4.79 Å². The van der Waals surface area contributed by atoms with Gasteiger partial charge >= 0.3 is 6.03 Å². The fourth-order valence-corrected chi connectivity index (χ4v) is 2.72. The van der Waals surface area contributed by atoms with Crippen LogP contribution < -0.4 is 5.32 Å². The van der Waals surface area contributed by atoms with Gasteiger partial charge < -0.3 is 15.1 Å². The fraction of sp³-hybridized carbons (Fsp3) is 0.588. The van der Waals surface area contributed by atoms with Gasteiger partial charge in [-0.1, -0.05) is 31.2 Å². The van der Waals surface area contributed by atoms with E-state index in [1.165, 1.54) is 11.1 Å². The van der Waals surface area contributed by atoms with Crippen molar-refractivity contribution < 1.29 is 4.79 Å². The second kappa shape index (κ2) is 8.15. The molecule has 0 spiro atoms. The summed E-state index contributed by atoms with van der Waals surface area (Å²) >= 11 is 0. The van der Waals surface area contributed by atoms with E-state index in [2.05, 4.69) is 40.2 Å². The standard InChI is InChI=1S/C17H28N4O/c1-4-20-9-11-21(12-10-20)14-16-8-6-5-7-15(16)13-18-17(22)19(2)3/h5-8H,4,9-14H2,1-3H3,(H,18,22). The largest absolute Gasteiger partial charge is 0.334 e. The van der Waals surface area contributed by atoms with Crippen LogP contribution in [0.15, 0.2) is 24.3 Å². The summed E-state index contributed by atoms with van der Waals surface area (Å²) in [6.07, 6.45) is 0. The molecule has 2 rings (SSSR count). The van der Waals surface area contributed by atoms with E-state index in [-0.39, 0.29) is 6.03 Å². The number of hydrogen-bond acceptors (Lipinski definition) is 3. The Labute approximate surface area is 133 Å². The Kier molecular flexibility index (Phi) is 6.21. The summed E-state index contributed by atoms with van der Waals surface area (Å²) in [5.74, 6) is 0. The minimum absolute atomic E-state index is 0.0497. The van der Waals surface area contributed by atoms with Crippen LogP contribution >= 0.6 is 0 Å². The molecular weight excluding hydrogens is 276 g/mol. The maximum Gasteiger partial charge on any atom is 0.317 e. The van der Waals surface area contributed by atoms with Gasteiger partial charge in [-0.05, 0) is 17.7 Å². The van der Waals surface area contributed by atoms with E-state index in [1.54, 1.807) is 19.0 Å². The minimum Gasteiger partial charge on any atom is -0.334 e. The molecule has 1 N–H and O–H groups in total. The van der Waals surface area contributed by atoms with Gasteiger partial charge in [0.05, 0.1) is 0 Å². The SMILES string of the molecule is CCN1CCN(Cc2ccccc2CNC(=O)N(C)C)CC1. The third-order valence-electron chi connectivity index (χ3n) is 4.26. The number of carbonyl (C=O) groups is 1. The molecule has 0 radical (unpaired) electrons. The summed E-state index contributed by atoms with van der Waals surface area (Å²) in [5.41, 5.74) is 2.52. The van der Waals surface area contributed by atoms with Gasteiger partial charge in [-0.25, -0.2) is 4.79 Å². The van der Waals surface area contributed by atoms with Crippen molar-refractivity contribution in [3.63, 3.8) is 0 Å².